The summed E-state index contributed by atoms with van der Waals surface area (Å²) in [6.07, 6.45) is 8.08. The van der Waals surface area contributed by atoms with E-state index in [4.69, 9.17) is 11.6 Å². The van der Waals surface area contributed by atoms with Crippen molar-refractivity contribution in [2.24, 2.45) is 29.6 Å². The molecule has 0 saturated heterocycles. The van der Waals surface area contributed by atoms with E-state index >= 15 is 0 Å². The van der Waals surface area contributed by atoms with Crippen molar-refractivity contribution in [2.45, 2.75) is 32.1 Å². The Bertz CT molecular complexity index is 517. The average Bonchev–Trinajstić information content (AvgIpc) is 2.40. The molecule has 106 valence electrons. The van der Waals surface area contributed by atoms with Crippen LogP contribution in [0.3, 0.4) is 0 Å². The summed E-state index contributed by atoms with van der Waals surface area (Å²) in [7, 11) is 0. The molecule has 1 amide bonds. The van der Waals surface area contributed by atoms with E-state index in [9.17, 15) is 4.79 Å². The molecular weight excluding hydrogens is 272 g/mol. The third-order valence-electron chi connectivity index (χ3n) is 5.55. The summed E-state index contributed by atoms with van der Waals surface area (Å²) in [5.74, 6) is 3.34. The minimum Gasteiger partial charge on any atom is -0.323 e. The first-order chi connectivity index (χ1) is 9.70. The number of nitrogens with zero attached hydrogens (tertiary/aromatic N) is 1. The van der Waals surface area contributed by atoms with Gasteiger partial charge in [-0.2, -0.15) is 0 Å². The van der Waals surface area contributed by atoms with Crippen LogP contribution in [0.4, 0.5) is 5.69 Å². The standard InChI is InChI=1S/C16H19ClN2O/c17-15-13(2-1-3-18-15)19-16(20)14-11-5-9-4-10(7-11)8-12(14)6-9/h1-3,9-12,14H,4-8H2,(H,19,20). The number of halogens is 1. The Balaban J connectivity index is 1.53. The predicted octanol–water partition coefficient (Wildman–Crippen LogP) is 3.75. The number of nitrogens with one attached hydrogen (secondary N) is 1. The van der Waals surface area contributed by atoms with Crippen LogP contribution in [0.15, 0.2) is 18.3 Å². The van der Waals surface area contributed by atoms with Crippen molar-refractivity contribution in [3.63, 3.8) is 0 Å². The van der Waals surface area contributed by atoms with Gasteiger partial charge in [0, 0.05) is 12.1 Å². The lowest BCUT2D eigenvalue weighted by Crippen LogP contribution is -2.49. The molecule has 1 N–H and O–H groups in total. The highest BCUT2D eigenvalue weighted by atomic mass is 35.5. The average molecular weight is 291 g/mol. The number of anilines is 1. The summed E-state index contributed by atoms with van der Waals surface area (Å²) in [4.78, 5) is 16.7. The molecule has 0 aliphatic heterocycles. The number of pyridine rings is 1. The highest BCUT2D eigenvalue weighted by Crippen LogP contribution is 2.56. The smallest absolute Gasteiger partial charge is 0.228 e. The van der Waals surface area contributed by atoms with Gasteiger partial charge in [-0.3, -0.25) is 4.79 Å². The molecule has 4 aliphatic rings. The summed E-state index contributed by atoms with van der Waals surface area (Å²) in [6, 6.07) is 3.63. The molecule has 0 atom stereocenters. The third kappa shape index (κ3) is 2.03. The van der Waals surface area contributed by atoms with Gasteiger partial charge >= 0.3 is 0 Å². The quantitative estimate of drug-likeness (QED) is 0.843. The van der Waals surface area contributed by atoms with E-state index in [1.54, 1.807) is 12.3 Å². The summed E-state index contributed by atoms with van der Waals surface area (Å²) in [5, 5.41) is 3.38. The Kier molecular flexibility index (Phi) is 2.99. The van der Waals surface area contributed by atoms with Crippen LogP contribution in [0.5, 0.6) is 0 Å². The number of carbonyl (C=O) groups is 1. The number of hydrogen-bond donors (Lipinski definition) is 1. The van der Waals surface area contributed by atoms with Crippen LogP contribution in [0, 0.1) is 29.6 Å². The minimum absolute atomic E-state index is 0.161. The fraction of sp³-hybridized carbons (Fsp3) is 0.625. The van der Waals surface area contributed by atoms with Crippen molar-refractivity contribution in [3.05, 3.63) is 23.5 Å². The van der Waals surface area contributed by atoms with E-state index in [0.717, 1.165) is 11.8 Å². The van der Waals surface area contributed by atoms with Crippen molar-refractivity contribution in [2.75, 3.05) is 5.32 Å². The van der Waals surface area contributed by atoms with Gasteiger partial charge in [-0.25, -0.2) is 4.98 Å². The minimum atomic E-state index is 0.161. The fourth-order valence-electron chi connectivity index (χ4n) is 5.05. The van der Waals surface area contributed by atoms with E-state index in [0.29, 0.717) is 22.7 Å². The van der Waals surface area contributed by atoms with Crippen LogP contribution in [-0.4, -0.2) is 10.9 Å². The highest BCUT2D eigenvalue weighted by Gasteiger charge is 2.50. The third-order valence-corrected chi connectivity index (χ3v) is 5.85. The second-order valence-corrected chi connectivity index (χ2v) is 7.15. The van der Waals surface area contributed by atoms with Crippen molar-refractivity contribution in [3.8, 4) is 0 Å². The molecule has 1 heterocycles. The first kappa shape index (κ1) is 12.6. The van der Waals surface area contributed by atoms with Gasteiger partial charge in [-0.05, 0) is 67.9 Å². The van der Waals surface area contributed by atoms with E-state index in [2.05, 4.69) is 10.3 Å². The number of rotatable bonds is 2. The van der Waals surface area contributed by atoms with Crippen molar-refractivity contribution < 1.29 is 4.79 Å². The Morgan fingerprint density at radius 2 is 1.80 bits per heavy atom. The predicted molar refractivity (Wildman–Crippen MR) is 78.4 cm³/mol. The fourth-order valence-corrected chi connectivity index (χ4v) is 5.22. The Labute approximate surface area is 124 Å². The normalized spacial score (nSPS) is 38.0. The van der Waals surface area contributed by atoms with E-state index in [-0.39, 0.29) is 11.8 Å². The number of carbonyl (C=O) groups excluding carboxylic acids is 1. The lowest BCUT2D eigenvalue weighted by Gasteiger charge is -2.53. The molecule has 4 saturated carbocycles. The van der Waals surface area contributed by atoms with Crippen LogP contribution in [0.2, 0.25) is 5.15 Å². The molecule has 0 unspecified atom stereocenters. The molecule has 3 nitrogen and oxygen atoms in total. The molecule has 20 heavy (non-hydrogen) atoms. The second kappa shape index (κ2) is 4.73. The lowest BCUT2D eigenvalue weighted by molar-refractivity contribution is -0.132. The van der Waals surface area contributed by atoms with Gasteiger partial charge in [0.15, 0.2) is 5.15 Å². The molecule has 4 fully saturated rings. The van der Waals surface area contributed by atoms with Crippen molar-refractivity contribution >= 4 is 23.2 Å². The Morgan fingerprint density at radius 1 is 1.15 bits per heavy atom. The van der Waals surface area contributed by atoms with E-state index in [1.165, 1.54) is 32.1 Å². The molecular formula is C16H19ClN2O. The van der Waals surface area contributed by atoms with Gasteiger partial charge < -0.3 is 5.32 Å². The van der Waals surface area contributed by atoms with Crippen molar-refractivity contribution in [1.82, 2.24) is 4.98 Å². The summed E-state index contributed by atoms with van der Waals surface area (Å²) in [5.41, 5.74) is 0.646. The molecule has 1 aromatic rings. The lowest BCUT2D eigenvalue weighted by atomic mass is 9.51. The summed E-state index contributed by atoms with van der Waals surface area (Å²) in [6.45, 7) is 0. The van der Waals surface area contributed by atoms with Crippen LogP contribution >= 0.6 is 11.6 Å². The largest absolute Gasteiger partial charge is 0.323 e. The number of hydrogen-bond acceptors (Lipinski definition) is 2. The zero-order valence-electron chi connectivity index (χ0n) is 11.4. The van der Waals surface area contributed by atoms with Gasteiger partial charge in [0.1, 0.15) is 0 Å². The number of aromatic nitrogens is 1. The Morgan fingerprint density at radius 3 is 2.40 bits per heavy atom. The number of amides is 1. The van der Waals surface area contributed by atoms with Crippen molar-refractivity contribution in [1.29, 1.82) is 0 Å². The molecule has 1 aromatic heterocycles. The molecule has 4 heteroatoms. The molecule has 4 aliphatic carbocycles. The van der Waals surface area contributed by atoms with Gasteiger partial charge in [-0.15, -0.1) is 0 Å². The maximum Gasteiger partial charge on any atom is 0.228 e. The molecule has 5 rings (SSSR count). The highest BCUT2D eigenvalue weighted by molar-refractivity contribution is 6.32. The molecule has 0 aromatic carbocycles. The van der Waals surface area contributed by atoms with Gasteiger partial charge in [0.2, 0.25) is 5.91 Å². The SMILES string of the molecule is O=C(Nc1cccnc1Cl)C1C2CC3CC(C2)CC1C3. The second-order valence-electron chi connectivity index (χ2n) is 6.79. The van der Waals surface area contributed by atoms with E-state index in [1.807, 2.05) is 6.07 Å². The molecule has 4 bridgehead atoms. The first-order valence-electron chi connectivity index (χ1n) is 7.62. The maximum absolute atomic E-state index is 12.7. The van der Waals surface area contributed by atoms with E-state index < -0.39 is 0 Å². The Hall–Kier alpha value is -1.09. The first-order valence-corrected chi connectivity index (χ1v) is 8.00. The van der Waals surface area contributed by atoms with Crippen LogP contribution in [-0.2, 0) is 4.79 Å². The van der Waals surface area contributed by atoms with Gasteiger partial charge in [-0.1, -0.05) is 11.6 Å². The van der Waals surface area contributed by atoms with Crippen LogP contribution < -0.4 is 5.32 Å². The van der Waals surface area contributed by atoms with Gasteiger partial charge in [0.05, 0.1) is 5.69 Å². The molecule has 0 spiro atoms. The monoisotopic (exact) mass is 290 g/mol. The maximum atomic E-state index is 12.7. The van der Waals surface area contributed by atoms with Gasteiger partial charge in [0.25, 0.3) is 0 Å². The van der Waals surface area contributed by atoms with Crippen LogP contribution in [0.25, 0.3) is 0 Å². The molecule has 0 radical (unpaired) electrons. The zero-order valence-corrected chi connectivity index (χ0v) is 12.1. The van der Waals surface area contributed by atoms with Crippen LogP contribution in [0.1, 0.15) is 32.1 Å². The topological polar surface area (TPSA) is 42.0 Å². The summed E-state index contributed by atoms with van der Waals surface area (Å²) < 4.78 is 0. The zero-order chi connectivity index (χ0) is 13.7. The summed E-state index contributed by atoms with van der Waals surface area (Å²) >= 11 is 6.03.